The molecule has 0 bridgehead atoms. The Labute approximate surface area is 101 Å². The van der Waals surface area contributed by atoms with Crippen LogP contribution in [0.1, 0.15) is 18.7 Å². The van der Waals surface area contributed by atoms with E-state index in [2.05, 4.69) is 12.3 Å². The van der Waals surface area contributed by atoms with Crippen LogP contribution >= 0.6 is 0 Å². The molecule has 1 heterocycles. The molecular weight excluding hydrogens is 216 g/mol. The molecule has 0 aliphatic carbocycles. The van der Waals surface area contributed by atoms with Gasteiger partial charge < -0.3 is 9.15 Å². The molecule has 0 amide bonds. The van der Waals surface area contributed by atoms with Crippen LogP contribution < -0.4 is 10.2 Å². The molecule has 1 aromatic heterocycles. The number of para-hydroxylation sites is 1. The summed E-state index contributed by atoms with van der Waals surface area (Å²) in [7, 11) is 5.57. The van der Waals surface area contributed by atoms with E-state index in [9.17, 15) is 0 Å². The third kappa shape index (κ3) is 2.43. The number of hydrogen-bond donors (Lipinski definition) is 1. The molecule has 0 aliphatic rings. The molecular formula is C13H18N2O2. The number of benzene rings is 1. The third-order valence-electron chi connectivity index (χ3n) is 2.63. The van der Waals surface area contributed by atoms with Gasteiger partial charge in [0.15, 0.2) is 11.3 Å². The van der Waals surface area contributed by atoms with Crippen LogP contribution in [0.3, 0.4) is 0 Å². The van der Waals surface area contributed by atoms with Crippen molar-refractivity contribution in [3.05, 3.63) is 30.0 Å². The van der Waals surface area contributed by atoms with Crippen LogP contribution in [-0.2, 0) is 0 Å². The number of furan rings is 1. The van der Waals surface area contributed by atoms with Crippen molar-refractivity contribution in [2.45, 2.75) is 13.0 Å². The van der Waals surface area contributed by atoms with Crippen LogP contribution in [0.5, 0.6) is 5.75 Å². The molecule has 1 unspecified atom stereocenters. The average Bonchev–Trinajstić information content (AvgIpc) is 2.71. The Balaban J connectivity index is 2.37. The standard InChI is InChI=1S/C13H18N2O2/c1-9(14-15(2)3)12-8-10-6-5-7-11(16-4)13(10)17-12/h5-9,14H,1-4H3. The van der Waals surface area contributed by atoms with Gasteiger partial charge in [0.1, 0.15) is 5.76 Å². The van der Waals surface area contributed by atoms with Crippen molar-refractivity contribution in [2.24, 2.45) is 0 Å². The van der Waals surface area contributed by atoms with Crippen molar-refractivity contribution in [3.8, 4) is 5.75 Å². The van der Waals surface area contributed by atoms with E-state index in [4.69, 9.17) is 9.15 Å². The molecule has 92 valence electrons. The van der Waals surface area contributed by atoms with Crippen LogP contribution in [0.4, 0.5) is 0 Å². The minimum atomic E-state index is 0.127. The number of methoxy groups -OCH3 is 1. The molecule has 1 N–H and O–H groups in total. The van der Waals surface area contributed by atoms with Crippen LogP contribution in [0, 0.1) is 0 Å². The smallest absolute Gasteiger partial charge is 0.176 e. The van der Waals surface area contributed by atoms with E-state index in [0.717, 1.165) is 22.5 Å². The highest BCUT2D eigenvalue weighted by atomic mass is 16.5. The van der Waals surface area contributed by atoms with E-state index in [1.807, 2.05) is 43.4 Å². The van der Waals surface area contributed by atoms with Gasteiger partial charge in [0.2, 0.25) is 0 Å². The first kappa shape index (κ1) is 12.0. The fourth-order valence-corrected chi connectivity index (χ4v) is 1.88. The molecule has 4 heteroatoms. The highest BCUT2D eigenvalue weighted by Crippen LogP contribution is 2.30. The van der Waals surface area contributed by atoms with Gasteiger partial charge in [0, 0.05) is 19.5 Å². The van der Waals surface area contributed by atoms with Crippen molar-refractivity contribution in [3.63, 3.8) is 0 Å². The van der Waals surface area contributed by atoms with Gasteiger partial charge in [-0.3, -0.25) is 0 Å². The molecule has 2 aromatic rings. The van der Waals surface area contributed by atoms with Crippen molar-refractivity contribution < 1.29 is 9.15 Å². The van der Waals surface area contributed by atoms with Gasteiger partial charge in [-0.25, -0.2) is 10.4 Å². The number of hydrogen-bond acceptors (Lipinski definition) is 4. The number of fused-ring (bicyclic) bond motifs is 1. The Morgan fingerprint density at radius 2 is 2.12 bits per heavy atom. The summed E-state index contributed by atoms with van der Waals surface area (Å²) in [5.41, 5.74) is 4.06. The number of hydrazine groups is 1. The quantitative estimate of drug-likeness (QED) is 0.825. The predicted molar refractivity (Wildman–Crippen MR) is 68.0 cm³/mol. The second kappa shape index (κ2) is 4.77. The SMILES string of the molecule is COc1cccc2cc(C(C)NN(C)C)oc12. The second-order valence-electron chi connectivity index (χ2n) is 4.27. The summed E-state index contributed by atoms with van der Waals surface area (Å²) in [6.45, 7) is 2.06. The van der Waals surface area contributed by atoms with Gasteiger partial charge in [0.05, 0.1) is 13.2 Å². The highest BCUT2D eigenvalue weighted by Gasteiger charge is 2.13. The summed E-state index contributed by atoms with van der Waals surface area (Å²) < 4.78 is 11.1. The summed E-state index contributed by atoms with van der Waals surface area (Å²) in [5.74, 6) is 1.67. The monoisotopic (exact) mass is 234 g/mol. The van der Waals surface area contributed by atoms with Gasteiger partial charge in [-0.2, -0.15) is 0 Å². The van der Waals surface area contributed by atoms with E-state index in [-0.39, 0.29) is 6.04 Å². The Hall–Kier alpha value is -1.52. The van der Waals surface area contributed by atoms with E-state index >= 15 is 0 Å². The molecule has 1 aromatic carbocycles. The van der Waals surface area contributed by atoms with Crippen molar-refractivity contribution >= 4 is 11.0 Å². The van der Waals surface area contributed by atoms with Gasteiger partial charge >= 0.3 is 0 Å². The van der Waals surface area contributed by atoms with Crippen molar-refractivity contribution in [1.29, 1.82) is 0 Å². The lowest BCUT2D eigenvalue weighted by atomic mass is 10.2. The zero-order chi connectivity index (χ0) is 12.4. The lowest BCUT2D eigenvalue weighted by Gasteiger charge is -2.16. The first-order chi connectivity index (χ1) is 8.11. The van der Waals surface area contributed by atoms with Crippen LogP contribution in [0.2, 0.25) is 0 Å². The zero-order valence-electron chi connectivity index (χ0n) is 10.7. The Bertz CT molecular complexity index is 505. The minimum absolute atomic E-state index is 0.127. The van der Waals surface area contributed by atoms with E-state index in [1.165, 1.54) is 0 Å². The maximum absolute atomic E-state index is 5.84. The fraction of sp³-hybridized carbons (Fsp3) is 0.385. The summed E-state index contributed by atoms with van der Waals surface area (Å²) in [6, 6.07) is 8.05. The van der Waals surface area contributed by atoms with Crippen LogP contribution in [-0.4, -0.2) is 26.2 Å². The third-order valence-corrected chi connectivity index (χ3v) is 2.63. The number of nitrogens with zero attached hydrogens (tertiary/aromatic N) is 1. The van der Waals surface area contributed by atoms with Crippen molar-refractivity contribution in [1.82, 2.24) is 10.4 Å². The maximum Gasteiger partial charge on any atom is 0.176 e. The molecule has 0 aliphatic heterocycles. The van der Waals surface area contributed by atoms with Gasteiger partial charge in [-0.15, -0.1) is 0 Å². The number of ether oxygens (including phenoxy) is 1. The van der Waals surface area contributed by atoms with E-state index < -0.39 is 0 Å². The Kier molecular flexibility index (Phi) is 3.36. The lowest BCUT2D eigenvalue weighted by Crippen LogP contribution is -2.32. The van der Waals surface area contributed by atoms with Crippen LogP contribution in [0.15, 0.2) is 28.7 Å². The molecule has 0 saturated carbocycles. The minimum Gasteiger partial charge on any atom is -0.493 e. The molecule has 0 radical (unpaired) electrons. The van der Waals surface area contributed by atoms with Crippen LogP contribution in [0.25, 0.3) is 11.0 Å². The molecule has 0 spiro atoms. The molecule has 2 rings (SSSR count). The fourth-order valence-electron chi connectivity index (χ4n) is 1.88. The largest absolute Gasteiger partial charge is 0.493 e. The molecule has 0 fully saturated rings. The average molecular weight is 234 g/mol. The van der Waals surface area contributed by atoms with E-state index in [0.29, 0.717) is 0 Å². The first-order valence-corrected chi connectivity index (χ1v) is 5.61. The predicted octanol–water partition coefficient (Wildman–Crippen LogP) is 2.57. The van der Waals surface area contributed by atoms with Gasteiger partial charge in [-0.1, -0.05) is 12.1 Å². The summed E-state index contributed by atoms with van der Waals surface area (Å²) in [5, 5.41) is 2.97. The van der Waals surface area contributed by atoms with Gasteiger partial charge in [0.25, 0.3) is 0 Å². The zero-order valence-corrected chi connectivity index (χ0v) is 10.7. The highest BCUT2D eigenvalue weighted by molar-refractivity contribution is 5.83. The van der Waals surface area contributed by atoms with Gasteiger partial charge in [-0.05, 0) is 19.1 Å². The summed E-state index contributed by atoms with van der Waals surface area (Å²) in [6.07, 6.45) is 0. The second-order valence-corrected chi connectivity index (χ2v) is 4.27. The summed E-state index contributed by atoms with van der Waals surface area (Å²) >= 11 is 0. The molecule has 17 heavy (non-hydrogen) atoms. The summed E-state index contributed by atoms with van der Waals surface area (Å²) in [4.78, 5) is 0. The molecule has 4 nitrogen and oxygen atoms in total. The topological polar surface area (TPSA) is 37.6 Å². The number of rotatable bonds is 4. The lowest BCUT2D eigenvalue weighted by molar-refractivity contribution is 0.236. The Morgan fingerprint density at radius 3 is 2.76 bits per heavy atom. The first-order valence-electron chi connectivity index (χ1n) is 5.61. The molecule has 1 atom stereocenters. The van der Waals surface area contributed by atoms with E-state index in [1.54, 1.807) is 7.11 Å². The number of nitrogens with one attached hydrogen (secondary N) is 1. The maximum atomic E-state index is 5.84. The normalized spacial score (nSPS) is 13.2. The van der Waals surface area contributed by atoms with Crippen molar-refractivity contribution in [2.75, 3.05) is 21.2 Å². The molecule has 0 saturated heterocycles. The Morgan fingerprint density at radius 1 is 1.35 bits per heavy atom.